The fraction of sp³-hybridized carbons (Fsp3) is 0.778. The van der Waals surface area contributed by atoms with E-state index < -0.39 is 24.0 Å². The smallest absolute Gasteiger partial charge is 0.325 e. The lowest BCUT2D eigenvalue weighted by Crippen LogP contribution is -2.47. The van der Waals surface area contributed by atoms with Crippen LogP contribution in [0.25, 0.3) is 0 Å². The fourth-order valence-corrected chi connectivity index (χ4v) is 0.997. The Labute approximate surface area is 95.8 Å². The van der Waals surface area contributed by atoms with Crippen molar-refractivity contribution in [3.8, 4) is 0 Å². The van der Waals surface area contributed by atoms with Gasteiger partial charge in [-0.25, -0.2) is 0 Å². The first-order valence-electron chi connectivity index (χ1n) is 4.63. The summed E-state index contributed by atoms with van der Waals surface area (Å²) < 4.78 is 0. The Balaban J connectivity index is 0. The van der Waals surface area contributed by atoms with Gasteiger partial charge in [0.15, 0.2) is 0 Å². The van der Waals surface area contributed by atoms with E-state index >= 15 is 0 Å². The molecule has 0 aromatic heterocycles. The molecule has 0 heterocycles. The molecule has 0 fully saturated rings. The Morgan fingerprint density at radius 2 is 1.80 bits per heavy atom. The van der Waals surface area contributed by atoms with E-state index in [4.69, 9.17) is 10.8 Å². The minimum atomic E-state index is -1.06. The molecule has 0 aliphatic carbocycles. The van der Waals surface area contributed by atoms with Crippen LogP contribution >= 0.6 is 12.4 Å². The second kappa shape index (κ2) is 7.48. The molecular weight excluding hydrogens is 220 g/mol. The molecule has 1 amide bonds. The third kappa shape index (κ3) is 7.16. The Morgan fingerprint density at radius 1 is 1.33 bits per heavy atom. The van der Waals surface area contributed by atoms with Crippen molar-refractivity contribution in [3.05, 3.63) is 0 Å². The monoisotopic (exact) mass is 238 g/mol. The maximum absolute atomic E-state index is 11.3. The van der Waals surface area contributed by atoms with Crippen molar-refractivity contribution in [2.24, 2.45) is 11.7 Å². The molecule has 0 saturated carbocycles. The van der Waals surface area contributed by atoms with Gasteiger partial charge in [0, 0.05) is 0 Å². The van der Waals surface area contributed by atoms with E-state index in [1.165, 1.54) is 6.92 Å². The fourth-order valence-electron chi connectivity index (χ4n) is 0.997. The number of amides is 1. The zero-order chi connectivity index (χ0) is 11.3. The van der Waals surface area contributed by atoms with Crippen LogP contribution in [0.5, 0.6) is 0 Å². The second-order valence-corrected chi connectivity index (χ2v) is 3.80. The zero-order valence-electron chi connectivity index (χ0n) is 9.19. The van der Waals surface area contributed by atoms with Gasteiger partial charge in [-0.1, -0.05) is 13.8 Å². The summed E-state index contributed by atoms with van der Waals surface area (Å²) >= 11 is 0. The molecule has 0 aliphatic heterocycles. The summed E-state index contributed by atoms with van der Waals surface area (Å²) in [6, 6.07) is -1.52. The number of carboxylic acids is 1. The number of carboxylic acid groups (broad SMARTS) is 1. The number of rotatable bonds is 5. The molecule has 6 heteroatoms. The van der Waals surface area contributed by atoms with Crippen LogP contribution in [0.4, 0.5) is 0 Å². The van der Waals surface area contributed by atoms with Crippen LogP contribution in [0.2, 0.25) is 0 Å². The quantitative estimate of drug-likeness (QED) is 0.645. The van der Waals surface area contributed by atoms with Crippen molar-refractivity contribution in [1.29, 1.82) is 0 Å². The Kier molecular flexibility index (Phi) is 8.28. The number of nitrogens with one attached hydrogen (secondary N) is 1. The molecule has 0 aromatic rings. The van der Waals surface area contributed by atoms with Crippen molar-refractivity contribution >= 4 is 24.3 Å². The Hall–Kier alpha value is -0.810. The summed E-state index contributed by atoms with van der Waals surface area (Å²) in [4.78, 5) is 21.7. The molecule has 0 saturated heterocycles. The number of hydrogen-bond acceptors (Lipinski definition) is 3. The maximum Gasteiger partial charge on any atom is 0.325 e. The zero-order valence-corrected chi connectivity index (χ0v) is 10.0. The third-order valence-corrected chi connectivity index (χ3v) is 1.79. The lowest BCUT2D eigenvalue weighted by atomic mass is 10.0. The molecule has 0 aliphatic rings. The van der Waals surface area contributed by atoms with Crippen molar-refractivity contribution in [3.63, 3.8) is 0 Å². The number of aliphatic carboxylic acids is 1. The molecule has 15 heavy (non-hydrogen) atoms. The summed E-state index contributed by atoms with van der Waals surface area (Å²) in [7, 11) is 0. The molecule has 2 atom stereocenters. The Morgan fingerprint density at radius 3 is 2.13 bits per heavy atom. The summed E-state index contributed by atoms with van der Waals surface area (Å²) in [5, 5.41) is 10.9. The average molecular weight is 239 g/mol. The summed E-state index contributed by atoms with van der Waals surface area (Å²) in [5.41, 5.74) is 5.56. The van der Waals surface area contributed by atoms with Crippen LogP contribution in [0, 0.1) is 5.92 Å². The normalized spacial score (nSPS) is 13.9. The molecule has 90 valence electrons. The first-order valence-corrected chi connectivity index (χ1v) is 4.63. The third-order valence-electron chi connectivity index (χ3n) is 1.79. The van der Waals surface area contributed by atoms with Crippen molar-refractivity contribution < 1.29 is 14.7 Å². The molecule has 0 spiro atoms. The average Bonchev–Trinajstić information content (AvgIpc) is 2.02. The number of nitrogens with two attached hydrogens (primary N) is 1. The van der Waals surface area contributed by atoms with Crippen LogP contribution < -0.4 is 11.1 Å². The largest absolute Gasteiger partial charge is 0.480 e. The summed E-state index contributed by atoms with van der Waals surface area (Å²) in [6.45, 7) is 5.31. The molecule has 0 radical (unpaired) electrons. The van der Waals surface area contributed by atoms with Gasteiger partial charge in [0.25, 0.3) is 0 Å². The first-order chi connectivity index (χ1) is 6.34. The molecule has 1 unspecified atom stereocenters. The van der Waals surface area contributed by atoms with Crippen LogP contribution in [0.1, 0.15) is 27.2 Å². The number of hydrogen-bond donors (Lipinski definition) is 3. The summed E-state index contributed by atoms with van der Waals surface area (Å²) in [6.07, 6.45) is 0.554. The summed E-state index contributed by atoms with van der Waals surface area (Å²) in [5.74, 6) is -1.15. The predicted octanol–water partition coefficient (Wildman–Crippen LogP) is 0.371. The van der Waals surface area contributed by atoms with Crippen molar-refractivity contribution in [2.45, 2.75) is 39.3 Å². The van der Waals surface area contributed by atoms with E-state index in [2.05, 4.69) is 5.32 Å². The number of halogens is 1. The van der Waals surface area contributed by atoms with E-state index in [1.807, 2.05) is 13.8 Å². The first kappa shape index (κ1) is 16.6. The van der Waals surface area contributed by atoms with Crippen molar-refractivity contribution in [2.75, 3.05) is 0 Å². The minimum Gasteiger partial charge on any atom is -0.480 e. The highest BCUT2D eigenvalue weighted by atomic mass is 35.5. The lowest BCUT2D eigenvalue weighted by Gasteiger charge is -2.16. The second-order valence-electron chi connectivity index (χ2n) is 3.80. The van der Waals surface area contributed by atoms with Crippen molar-refractivity contribution in [1.82, 2.24) is 5.32 Å². The molecule has 4 N–H and O–H groups in total. The highest BCUT2D eigenvalue weighted by molar-refractivity contribution is 5.86. The number of carbonyl (C=O) groups is 2. The van der Waals surface area contributed by atoms with E-state index in [-0.39, 0.29) is 12.4 Å². The van der Waals surface area contributed by atoms with E-state index in [1.54, 1.807) is 0 Å². The minimum absolute atomic E-state index is 0. The van der Waals surface area contributed by atoms with Gasteiger partial charge < -0.3 is 16.2 Å². The van der Waals surface area contributed by atoms with Gasteiger partial charge >= 0.3 is 5.97 Å². The van der Waals surface area contributed by atoms with Gasteiger partial charge in [0.1, 0.15) is 6.04 Å². The van der Waals surface area contributed by atoms with Crippen LogP contribution in [0.15, 0.2) is 0 Å². The maximum atomic E-state index is 11.3. The van der Waals surface area contributed by atoms with Gasteiger partial charge in [-0.2, -0.15) is 0 Å². The van der Waals surface area contributed by atoms with E-state index in [0.717, 1.165) is 0 Å². The SMILES string of the molecule is CC(C)CC(N)C(=O)N[C@@H](C)C(=O)O.Cl. The van der Waals surface area contributed by atoms with E-state index in [0.29, 0.717) is 12.3 Å². The van der Waals surface area contributed by atoms with Crippen LogP contribution in [0.3, 0.4) is 0 Å². The molecule has 0 aromatic carbocycles. The molecule has 0 bridgehead atoms. The predicted molar refractivity (Wildman–Crippen MR) is 59.9 cm³/mol. The van der Waals surface area contributed by atoms with Gasteiger partial charge in [0.2, 0.25) is 5.91 Å². The number of carbonyl (C=O) groups excluding carboxylic acids is 1. The Bertz CT molecular complexity index is 221. The highest BCUT2D eigenvalue weighted by Gasteiger charge is 2.19. The van der Waals surface area contributed by atoms with Gasteiger partial charge in [0.05, 0.1) is 6.04 Å². The molecular formula is C9H19ClN2O3. The highest BCUT2D eigenvalue weighted by Crippen LogP contribution is 2.02. The lowest BCUT2D eigenvalue weighted by molar-refractivity contribution is -0.141. The topological polar surface area (TPSA) is 92.4 Å². The van der Waals surface area contributed by atoms with Crippen LogP contribution in [-0.2, 0) is 9.59 Å². The molecule has 5 nitrogen and oxygen atoms in total. The van der Waals surface area contributed by atoms with Gasteiger partial charge in [-0.15, -0.1) is 12.4 Å². The van der Waals surface area contributed by atoms with E-state index in [9.17, 15) is 9.59 Å². The van der Waals surface area contributed by atoms with Gasteiger partial charge in [-0.3, -0.25) is 9.59 Å². The van der Waals surface area contributed by atoms with Crippen LogP contribution in [-0.4, -0.2) is 29.1 Å². The standard InChI is InChI=1S/C9H18N2O3.ClH/c1-5(2)4-7(10)8(12)11-6(3)9(13)14;/h5-7H,4,10H2,1-3H3,(H,11,12)(H,13,14);1H/t6-,7?;/m0./s1. The molecule has 0 rings (SSSR count). The van der Waals surface area contributed by atoms with Gasteiger partial charge in [-0.05, 0) is 19.3 Å².